The lowest BCUT2D eigenvalue weighted by atomic mass is 9.40. The van der Waals surface area contributed by atoms with Crippen molar-refractivity contribution in [2.75, 3.05) is 0 Å². The number of aryl methyl sites for hydroxylation is 2. The summed E-state index contributed by atoms with van der Waals surface area (Å²) in [5.74, 6) is 1.38. The van der Waals surface area contributed by atoms with Gasteiger partial charge >= 0.3 is 0 Å². The Labute approximate surface area is 200 Å². The van der Waals surface area contributed by atoms with Gasteiger partial charge in [0.15, 0.2) is 0 Å². The van der Waals surface area contributed by atoms with Crippen LogP contribution < -0.4 is 21.3 Å². The first-order valence-electron chi connectivity index (χ1n) is 11.5. The smallest absolute Gasteiger partial charge is 0.266 e. The number of pyridine rings is 2. The lowest BCUT2D eigenvalue weighted by Crippen LogP contribution is -2.50. The molecule has 2 aromatic heterocycles. The molecule has 162 valence electrons. The minimum Gasteiger partial charge on any atom is -0.439 e. The molecule has 0 saturated heterocycles. The molecular weight excluding hydrogens is 415 g/mol. The Morgan fingerprint density at radius 3 is 2.35 bits per heavy atom. The van der Waals surface area contributed by atoms with Gasteiger partial charge < -0.3 is 4.74 Å². The lowest BCUT2D eigenvalue weighted by molar-refractivity contribution is 0.462. The second-order valence-corrected chi connectivity index (χ2v) is 8.88. The van der Waals surface area contributed by atoms with Crippen molar-refractivity contribution in [1.29, 1.82) is 0 Å². The molecule has 6 rings (SSSR count). The summed E-state index contributed by atoms with van der Waals surface area (Å²) in [6, 6.07) is 31.8. The number of benzene rings is 3. The van der Waals surface area contributed by atoms with Crippen molar-refractivity contribution >= 4 is 23.2 Å². The monoisotopic (exact) mass is 438 g/mol. The number of hydrogen-bond donors (Lipinski definition) is 0. The fraction of sp³-hybridized carbons (Fsp3) is 0.0667. The summed E-state index contributed by atoms with van der Waals surface area (Å²) >= 11 is 0. The van der Waals surface area contributed by atoms with Gasteiger partial charge in [0.1, 0.15) is 5.75 Å². The summed E-state index contributed by atoms with van der Waals surface area (Å²) < 4.78 is 6.05. The molecule has 0 aliphatic carbocycles. The Morgan fingerprint density at radius 2 is 1.50 bits per heavy atom. The molecule has 0 bridgehead atoms. The summed E-state index contributed by atoms with van der Waals surface area (Å²) in [5.41, 5.74) is 10.8. The van der Waals surface area contributed by atoms with Gasteiger partial charge in [0, 0.05) is 24.1 Å². The van der Waals surface area contributed by atoms with Gasteiger partial charge in [-0.3, -0.25) is 4.98 Å². The van der Waals surface area contributed by atoms with E-state index in [1.54, 1.807) is 6.20 Å². The first-order chi connectivity index (χ1) is 16.7. The van der Waals surface area contributed by atoms with Crippen molar-refractivity contribution in [1.82, 2.24) is 9.97 Å². The summed E-state index contributed by atoms with van der Waals surface area (Å²) in [7, 11) is 0. The minimum atomic E-state index is 0.127. The molecule has 0 radical (unpaired) electrons. The predicted molar refractivity (Wildman–Crippen MR) is 140 cm³/mol. The molecule has 4 heteroatoms. The van der Waals surface area contributed by atoms with E-state index in [4.69, 9.17) is 9.72 Å². The third-order valence-electron chi connectivity index (χ3n) is 6.43. The maximum atomic E-state index is 6.05. The van der Waals surface area contributed by atoms with E-state index in [9.17, 15) is 0 Å². The molecule has 3 heterocycles. The molecule has 0 N–H and O–H groups in total. The normalized spacial score (nSPS) is 11.8. The van der Waals surface area contributed by atoms with Gasteiger partial charge in [-0.15, -0.1) is 0 Å². The molecule has 3 nitrogen and oxygen atoms in total. The number of hydrogen-bond acceptors (Lipinski definition) is 3. The second-order valence-electron chi connectivity index (χ2n) is 8.88. The first-order valence-corrected chi connectivity index (χ1v) is 11.5. The zero-order valence-electron chi connectivity index (χ0n) is 19.2. The molecule has 1 aliphatic heterocycles. The molecule has 0 spiro atoms. The molecule has 0 saturated carbocycles. The Morgan fingerprint density at radius 1 is 0.647 bits per heavy atom. The third kappa shape index (κ3) is 3.67. The zero-order chi connectivity index (χ0) is 23.1. The van der Waals surface area contributed by atoms with E-state index < -0.39 is 0 Å². The Kier molecular flexibility index (Phi) is 4.99. The van der Waals surface area contributed by atoms with E-state index in [0.29, 0.717) is 5.88 Å². The van der Waals surface area contributed by atoms with E-state index in [2.05, 4.69) is 78.6 Å². The topological polar surface area (TPSA) is 35.0 Å². The van der Waals surface area contributed by atoms with Gasteiger partial charge in [-0.25, -0.2) is 4.98 Å². The number of aromatic nitrogens is 2. The Hall–Kier alpha value is -4.18. The van der Waals surface area contributed by atoms with Gasteiger partial charge in [0.05, 0.1) is 0 Å². The van der Waals surface area contributed by atoms with Crippen LogP contribution in [0, 0.1) is 13.8 Å². The van der Waals surface area contributed by atoms with Gasteiger partial charge in [-0.05, 0) is 71.5 Å². The van der Waals surface area contributed by atoms with Crippen LogP contribution in [-0.2, 0) is 0 Å². The van der Waals surface area contributed by atoms with Crippen LogP contribution in [0.1, 0.15) is 11.1 Å². The van der Waals surface area contributed by atoms with Crippen molar-refractivity contribution in [3.8, 4) is 33.9 Å². The summed E-state index contributed by atoms with van der Waals surface area (Å²) in [6.45, 7) is 4.24. The Bertz CT molecular complexity index is 1510. The van der Waals surface area contributed by atoms with Crippen LogP contribution in [0.2, 0.25) is 0 Å². The highest BCUT2D eigenvalue weighted by atomic mass is 16.5. The van der Waals surface area contributed by atoms with Crippen LogP contribution in [0.5, 0.6) is 11.6 Å². The van der Waals surface area contributed by atoms with Crippen LogP contribution in [0.25, 0.3) is 22.3 Å². The lowest BCUT2D eigenvalue weighted by Gasteiger charge is -2.12. The molecule has 1 aliphatic rings. The van der Waals surface area contributed by atoms with Crippen LogP contribution in [0.3, 0.4) is 0 Å². The second kappa shape index (κ2) is 8.31. The predicted octanol–water partition coefficient (Wildman–Crippen LogP) is 5.05. The standard InChI is InChI=1S/C30H23BN2O/c1-20-14-15-32-30(16-20)34-24-7-5-6-22(17-24)23-11-12-26-25-8-3-4-9-27(25)31(28(26)18-23)29-13-10-21(2)19-33-29/h3-19H,1-2H3. The molecule has 3 aromatic carbocycles. The van der Waals surface area contributed by atoms with Crippen LogP contribution in [0.4, 0.5) is 0 Å². The molecule has 0 unspecified atom stereocenters. The van der Waals surface area contributed by atoms with Gasteiger partial charge in [0.2, 0.25) is 5.88 Å². The number of rotatable bonds is 4. The van der Waals surface area contributed by atoms with Crippen LogP contribution in [0.15, 0.2) is 103 Å². The maximum absolute atomic E-state index is 6.05. The van der Waals surface area contributed by atoms with E-state index in [1.165, 1.54) is 27.6 Å². The molecule has 5 aromatic rings. The van der Waals surface area contributed by atoms with Gasteiger partial charge in [-0.1, -0.05) is 71.6 Å². The van der Waals surface area contributed by atoms with E-state index in [0.717, 1.165) is 28.0 Å². The van der Waals surface area contributed by atoms with Crippen molar-refractivity contribution < 1.29 is 4.74 Å². The summed E-state index contributed by atoms with van der Waals surface area (Å²) in [6.07, 6.45) is 3.73. The zero-order valence-corrected chi connectivity index (χ0v) is 19.2. The molecular formula is C30H23BN2O. The average Bonchev–Trinajstić information content (AvgIpc) is 3.18. The average molecular weight is 438 g/mol. The van der Waals surface area contributed by atoms with Crippen molar-refractivity contribution in [2.45, 2.75) is 13.8 Å². The minimum absolute atomic E-state index is 0.127. The highest BCUT2D eigenvalue weighted by Crippen LogP contribution is 2.30. The summed E-state index contributed by atoms with van der Waals surface area (Å²) in [4.78, 5) is 9.13. The number of fused-ring (bicyclic) bond motifs is 3. The molecule has 0 atom stereocenters. The van der Waals surface area contributed by atoms with Crippen LogP contribution in [-0.4, -0.2) is 16.7 Å². The molecule has 0 amide bonds. The van der Waals surface area contributed by atoms with Crippen molar-refractivity contribution in [2.24, 2.45) is 0 Å². The fourth-order valence-corrected chi connectivity index (χ4v) is 4.78. The third-order valence-corrected chi connectivity index (χ3v) is 6.43. The van der Waals surface area contributed by atoms with Gasteiger partial charge in [0.25, 0.3) is 6.71 Å². The van der Waals surface area contributed by atoms with E-state index in [-0.39, 0.29) is 6.71 Å². The van der Waals surface area contributed by atoms with E-state index in [1.807, 2.05) is 37.4 Å². The molecule has 0 fully saturated rings. The van der Waals surface area contributed by atoms with Crippen molar-refractivity contribution in [3.05, 3.63) is 115 Å². The fourth-order valence-electron chi connectivity index (χ4n) is 4.78. The number of ether oxygens (including phenoxy) is 1. The Balaban J connectivity index is 1.41. The SMILES string of the molecule is Cc1ccc(B2c3ccccc3-c3ccc(-c4cccc(Oc5cc(C)ccn5)c4)cc32)nc1. The first kappa shape index (κ1) is 20.4. The van der Waals surface area contributed by atoms with E-state index >= 15 is 0 Å². The largest absolute Gasteiger partial charge is 0.439 e. The van der Waals surface area contributed by atoms with Crippen molar-refractivity contribution in [3.63, 3.8) is 0 Å². The van der Waals surface area contributed by atoms with Gasteiger partial charge in [-0.2, -0.15) is 0 Å². The number of nitrogens with zero attached hydrogens (tertiary/aromatic N) is 2. The highest BCUT2D eigenvalue weighted by molar-refractivity contribution is 6.98. The highest BCUT2D eigenvalue weighted by Gasteiger charge is 2.34. The van der Waals surface area contributed by atoms with Crippen LogP contribution >= 0.6 is 0 Å². The maximum Gasteiger partial charge on any atom is 0.266 e. The summed E-state index contributed by atoms with van der Waals surface area (Å²) in [5, 5.41) is 0. The quantitative estimate of drug-likeness (QED) is 0.362. The molecule has 34 heavy (non-hydrogen) atoms.